The number of imidazole rings is 1. The lowest BCUT2D eigenvalue weighted by Crippen LogP contribution is -2.10. The first-order valence-corrected chi connectivity index (χ1v) is 8.55. The third-order valence-electron chi connectivity index (χ3n) is 4.11. The van der Waals surface area contributed by atoms with Crippen LogP contribution in [0.5, 0.6) is 0 Å². The summed E-state index contributed by atoms with van der Waals surface area (Å²) in [6.45, 7) is 0. The van der Waals surface area contributed by atoms with E-state index in [0.717, 1.165) is 30.6 Å². The van der Waals surface area contributed by atoms with Crippen molar-refractivity contribution in [3.8, 4) is 0 Å². The van der Waals surface area contributed by atoms with E-state index in [2.05, 4.69) is 35.6 Å². The van der Waals surface area contributed by atoms with E-state index in [0.29, 0.717) is 5.69 Å². The molecule has 0 amide bonds. The molecule has 0 saturated heterocycles. The lowest BCUT2D eigenvalue weighted by molar-refractivity contribution is -0.138. The Hall–Kier alpha value is -3.90. The molecule has 31 heavy (non-hydrogen) atoms. The van der Waals surface area contributed by atoms with Crippen LogP contribution in [0.25, 0.3) is 11.2 Å². The number of anilines is 4. The summed E-state index contributed by atoms with van der Waals surface area (Å²) in [5, 5.41) is 5.29. The van der Waals surface area contributed by atoms with Gasteiger partial charge in [0.25, 0.3) is 0 Å². The quantitative estimate of drug-likeness (QED) is 0.375. The van der Waals surface area contributed by atoms with Crippen molar-refractivity contribution in [2.24, 2.45) is 0 Å². The molecule has 160 valence electrons. The SMILES string of the molecule is FC(F)(F)c1ccc(Nc2ncnc3nc(Nc4ncccc4C(F)(F)F)[nH]c23)cc1. The highest BCUT2D eigenvalue weighted by molar-refractivity contribution is 5.86. The van der Waals surface area contributed by atoms with Crippen molar-refractivity contribution in [1.29, 1.82) is 0 Å². The summed E-state index contributed by atoms with van der Waals surface area (Å²) in [4.78, 5) is 18.5. The van der Waals surface area contributed by atoms with Gasteiger partial charge in [0, 0.05) is 11.9 Å². The van der Waals surface area contributed by atoms with Gasteiger partial charge in [0.1, 0.15) is 17.7 Å². The van der Waals surface area contributed by atoms with Gasteiger partial charge in [0.05, 0.1) is 11.1 Å². The molecule has 3 aromatic heterocycles. The van der Waals surface area contributed by atoms with E-state index in [4.69, 9.17) is 0 Å². The molecule has 4 aromatic rings. The Kier molecular flexibility index (Phi) is 4.87. The summed E-state index contributed by atoms with van der Waals surface area (Å²) in [6.07, 6.45) is -6.75. The molecule has 0 spiro atoms. The Bertz CT molecular complexity index is 1210. The highest BCUT2D eigenvalue weighted by Gasteiger charge is 2.34. The Labute approximate surface area is 169 Å². The standard InChI is InChI=1S/C18H11F6N7/c19-17(20,21)9-3-5-10(6-4-9)28-14-12-15(27-8-26-14)31-16(29-12)30-13-11(18(22,23)24)2-1-7-25-13/h1-8H,(H3,25,26,27,28,29,30,31). The van der Waals surface area contributed by atoms with Crippen molar-refractivity contribution < 1.29 is 26.3 Å². The molecule has 0 saturated carbocycles. The summed E-state index contributed by atoms with van der Waals surface area (Å²) in [6, 6.07) is 6.27. The van der Waals surface area contributed by atoms with Gasteiger partial charge in [-0.05, 0) is 36.4 Å². The molecule has 7 nitrogen and oxygen atoms in total. The van der Waals surface area contributed by atoms with E-state index >= 15 is 0 Å². The smallest absolute Gasteiger partial charge is 0.338 e. The van der Waals surface area contributed by atoms with Crippen molar-refractivity contribution >= 4 is 34.4 Å². The second-order valence-electron chi connectivity index (χ2n) is 6.23. The zero-order valence-electron chi connectivity index (χ0n) is 15.2. The van der Waals surface area contributed by atoms with E-state index in [1.54, 1.807) is 0 Å². The van der Waals surface area contributed by atoms with Crippen LogP contribution >= 0.6 is 0 Å². The summed E-state index contributed by atoms with van der Waals surface area (Å²) in [5.41, 5.74) is -1.13. The molecule has 0 radical (unpaired) electrons. The monoisotopic (exact) mass is 439 g/mol. The van der Waals surface area contributed by atoms with Crippen molar-refractivity contribution in [1.82, 2.24) is 24.9 Å². The van der Waals surface area contributed by atoms with Crippen LogP contribution in [0.3, 0.4) is 0 Å². The molecular formula is C18H11F6N7. The predicted octanol–water partition coefficient (Wildman–Crippen LogP) is 5.27. The molecule has 3 N–H and O–H groups in total. The molecule has 13 heteroatoms. The summed E-state index contributed by atoms with van der Waals surface area (Å²) in [7, 11) is 0. The fraction of sp³-hybridized carbons (Fsp3) is 0.111. The zero-order chi connectivity index (χ0) is 22.2. The summed E-state index contributed by atoms with van der Waals surface area (Å²) >= 11 is 0. The van der Waals surface area contributed by atoms with Crippen LogP contribution in [0.4, 0.5) is 49.6 Å². The van der Waals surface area contributed by atoms with Crippen LogP contribution < -0.4 is 10.6 Å². The van der Waals surface area contributed by atoms with E-state index in [9.17, 15) is 26.3 Å². The van der Waals surface area contributed by atoms with Crippen molar-refractivity contribution in [2.75, 3.05) is 10.6 Å². The molecule has 0 unspecified atom stereocenters. The predicted molar refractivity (Wildman–Crippen MR) is 98.9 cm³/mol. The van der Waals surface area contributed by atoms with Crippen LogP contribution in [0, 0.1) is 0 Å². The van der Waals surface area contributed by atoms with Crippen LogP contribution in [0.15, 0.2) is 48.9 Å². The van der Waals surface area contributed by atoms with Gasteiger partial charge in [0.15, 0.2) is 11.5 Å². The van der Waals surface area contributed by atoms with E-state index < -0.39 is 29.3 Å². The minimum absolute atomic E-state index is 0.0739. The second-order valence-corrected chi connectivity index (χ2v) is 6.23. The number of aromatic nitrogens is 5. The third-order valence-corrected chi connectivity index (χ3v) is 4.11. The van der Waals surface area contributed by atoms with E-state index in [1.165, 1.54) is 18.3 Å². The van der Waals surface area contributed by atoms with E-state index in [1.807, 2.05) is 0 Å². The first-order chi connectivity index (χ1) is 14.6. The number of aromatic amines is 1. The van der Waals surface area contributed by atoms with Gasteiger partial charge in [-0.2, -0.15) is 31.3 Å². The number of hydrogen-bond donors (Lipinski definition) is 3. The molecule has 4 rings (SSSR count). The average Bonchev–Trinajstić information content (AvgIpc) is 3.11. The minimum Gasteiger partial charge on any atom is -0.338 e. The number of nitrogens with one attached hydrogen (secondary N) is 3. The first-order valence-electron chi connectivity index (χ1n) is 8.55. The minimum atomic E-state index is -4.63. The lowest BCUT2D eigenvalue weighted by atomic mass is 10.2. The number of benzene rings is 1. The number of rotatable bonds is 4. The topological polar surface area (TPSA) is 91.4 Å². The van der Waals surface area contributed by atoms with Crippen molar-refractivity contribution in [2.45, 2.75) is 12.4 Å². The molecule has 0 aliphatic heterocycles. The van der Waals surface area contributed by atoms with Gasteiger partial charge in [-0.25, -0.2) is 15.0 Å². The first kappa shape index (κ1) is 20.4. The number of fused-ring (bicyclic) bond motifs is 1. The fourth-order valence-electron chi connectivity index (χ4n) is 2.71. The Morgan fingerprint density at radius 2 is 1.52 bits per heavy atom. The number of H-pyrrole nitrogens is 1. The van der Waals surface area contributed by atoms with Crippen molar-refractivity contribution in [3.05, 3.63) is 60.0 Å². The van der Waals surface area contributed by atoms with Crippen LogP contribution in [-0.4, -0.2) is 24.9 Å². The highest BCUT2D eigenvalue weighted by Crippen LogP contribution is 2.35. The number of nitrogens with zero attached hydrogens (tertiary/aromatic N) is 4. The molecule has 0 aliphatic rings. The molecule has 3 heterocycles. The molecule has 0 bridgehead atoms. The molecule has 1 aromatic carbocycles. The van der Waals surface area contributed by atoms with Crippen LogP contribution in [0.2, 0.25) is 0 Å². The Balaban J connectivity index is 1.63. The molecular weight excluding hydrogens is 428 g/mol. The zero-order valence-corrected chi connectivity index (χ0v) is 15.2. The maximum atomic E-state index is 13.2. The van der Waals surface area contributed by atoms with Gasteiger partial charge < -0.3 is 15.6 Å². The van der Waals surface area contributed by atoms with Crippen molar-refractivity contribution in [3.63, 3.8) is 0 Å². The number of pyridine rings is 1. The van der Waals surface area contributed by atoms with Crippen LogP contribution in [-0.2, 0) is 12.4 Å². The Morgan fingerprint density at radius 1 is 0.774 bits per heavy atom. The summed E-state index contributed by atoms with van der Waals surface area (Å²) < 4.78 is 77.6. The third kappa shape index (κ3) is 4.34. The largest absolute Gasteiger partial charge is 0.419 e. The number of hydrogen-bond acceptors (Lipinski definition) is 6. The maximum Gasteiger partial charge on any atom is 0.419 e. The maximum absolute atomic E-state index is 13.2. The molecule has 0 fully saturated rings. The second kappa shape index (κ2) is 7.41. The molecule has 0 aliphatic carbocycles. The lowest BCUT2D eigenvalue weighted by Gasteiger charge is -2.11. The summed E-state index contributed by atoms with van der Waals surface area (Å²) in [5.74, 6) is -0.364. The Morgan fingerprint density at radius 3 is 2.19 bits per heavy atom. The van der Waals surface area contributed by atoms with Gasteiger partial charge in [0.2, 0.25) is 5.95 Å². The normalized spacial score (nSPS) is 12.2. The van der Waals surface area contributed by atoms with E-state index in [-0.39, 0.29) is 22.9 Å². The van der Waals surface area contributed by atoms with Gasteiger partial charge in [-0.3, -0.25) is 0 Å². The van der Waals surface area contributed by atoms with Crippen LogP contribution in [0.1, 0.15) is 11.1 Å². The van der Waals surface area contributed by atoms with Gasteiger partial charge in [-0.15, -0.1) is 0 Å². The molecule has 0 atom stereocenters. The highest BCUT2D eigenvalue weighted by atomic mass is 19.4. The average molecular weight is 439 g/mol. The van der Waals surface area contributed by atoms with Gasteiger partial charge in [-0.1, -0.05) is 0 Å². The van der Waals surface area contributed by atoms with Gasteiger partial charge >= 0.3 is 12.4 Å². The number of alkyl halides is 6. The fourth-order valence-corrected chi connectivity index (χ4v) is 2.71. The number of halogens is 6.